The first kappa shape index (κ1) is 16.2. The molecule has 0 saturated carbocycles. The molecule has 0 aliphatic carbocycles. The van der Waals surface area contributed by atoms with Gasteiger partial charge in [-0.05, 0) is 28.2 Å². The quantitative estimate of drug-likeness (QED) is 0.510. The van der Waals surface area contributed by atoms with Crippen molar-refractivity contribution >= 4 is 0 Å². The van der Waals surface area contributed by atoms with Crippen molar-refractivity contribution in [2.75, 3.05) is 54.5 Å². The maximum Gasteiger partial charge on any atom is 0.0897 e. The molecule has 0 heterocycles. The van der Waals surface area contributed by atoms with Crippen molar-refractivity contribution in [3.63, 3.8) is 0 Å². The van der Waals surface area contributed by atoms with Gasteiger partial charge in [0.25, 0.3) is 0 Å². The van der Waals surface area contributed by atoms with Crippen LogP contribution in [0, 0.1) is 0 Å². The lowest BCUT2D eigenvalue weighted by atomic mass is 10.4. The van der Waals surface area contributed by atoms with E-state index in [9.17, 15) is 0 Å². The highest BCUT2D eigenvalue weighted by Crippen LogP contribution is 1.81. The van der Waals surface area contributed by atoms with Crippen LogP contribution in [0.4, 0.5) is 0 Å². The Morgan fingerprint density at radius 2 is 1.50 bits per heavy atom. The van der Waals surface area contributed by atoms with Crippen molar-refractivity contribution in [3.8, 4) is 0 Å². The molecule has 0 amide bonds. The van der Waals surface area contributed by atoms with Crippen LogP contribution >= 0.6 is 0 Å². The van der Waals surface area contributed by atoms with Gasteiger partial charge in [-0.25, -0.2) is 0 Å². The minimum absolute atomic E-state index is 0.155. The minimum Gasteiger partial charge on any atom is -0.395 e. The number of hydrogen-bond acceptors (Lipinski definition) is 5. The minimum atomic E-state index is -0.593. The third kappa shape index (κ3) is 17.8. The second-order valence-corrected chi connectivity index (χ2v) is 3.63. The number of hydrogen-bond donors (Lipinski definition) is 3. The average Bonchev–Trinajstić information content (AvgIpc) is 2.03. The highest BCUT2D eigenvalue weighted by Gasteiger charge is 2.00. The summed E-state index contributed by atoms with van der Waals surface area (Å²) in [6.45, 7) is 1.39. The molecule has 0 rings (SSSR count). The normalized spacial score (nSPS) is 12.6. The van der Waals surface area contributed by atoms with Gasteiger partial charge >= 0.3 is 0 Å². The predicted octanol–water partition coefficient (Wildman–Crippen LogP) is -1.56. The average molecular weight is 208 g/mol. The van der Waals surface area contributed by atoms with Crippen LogP contribution in [-0.4, -0.2) is 85.7 Å². The first-order valence-corrected chi connectivity index (χ1v) is 4.63. The summed E-state index contributed by atoms with van der Waals surface area (Å²) >= 11 is 0. The highest BCUT2D eigenvalue weighted by molar-refractivity contribution is 4.54. The first-order valence-electron chi connectivity index (χ1n) is 4.63. The molecule has 0 aliphatic rings. The molecule has 0 spiro atoms. The molecule has 0 aromatic rings. The van der Waals surface area contributed by atoms with Crippen LogP contribution in [0.15, 0.2) is 0 Å². The Hall–Kier alpha value is -0.200. The van der Waals surface area contributed by atoms with Gasteiger partial charge in [-0.3, -0.25) is 0 Å². The maximum absolute atomic E-state index is 8.74. The summed E-state index contributed by atoms with van der Waals surface area (Å²) in [5.41, 5.74) is 0. The molecule has 0 aromatic heterocycles. The van der Waals surface area contributed by atoms with E-state index in [0.717, 1.165) is 6.54 Å². The second kappa shape index (κ2) is 10.9. The molecule has 0 fully saturated rings. The van der Waals surface area contributed by atoms with Gasteiger partial charge in [-0.15, -0.1) is 0 Å². The zero-order chi connectivity index (χ0) is 11.6. The molecule has 14 heavy (non-hydrogen) atoms. The second-order valence-electron chi connectivity index (χ2n) is 3.63. The van der Waals surface area contributed by atoms with Crippen molar-refractivity contribution in [2.45, 2.75) is 6.10 Å². The first-order chi connectivity index (χ1) is 6.43. The van der Waals surface area contributed by atoms with E-state index in [1.807, 2.05) is 38.0 Å². The van der Waals surface area contributed by atoms with E-state index in [1.54, 1.807) is 0 Å². The zero-order valence-corrected chi connectivity index (χ0v) is 9.64. The van der Waals surface area contributed by atoms with E-state index in [2.05, 4.69) is 0 Å². The molecule has 5 heteroatoms. The Kier molecular flexibility index (Phi) is 12.6. The third-order valence-electron chi connectivity index (χ3n) is 1.33. The van der Waals surface area contributed by atoms with Gasteiger partial charge in [0.2, 0.25) is 0 Å². The van der Waals surface area contributed by atoms with Crippen LogP contribution in [0.3, 0.4) is 0 Å². The molecule has 1 unspecified atom stereocenters. The van der Waals surface area contributed by atoms with Crippen LogP contribution < -0.4 is 0 Å². The van der Waals surface area contributed by atoms with Crippen LogP contribution in [0.2, 0.25) is 0 Å². The number of aliphatic hydroxyl groups excluding tert-OH is 3. The lowest BCUT2D eigenvalue weighted by Gasteiger charge is -2.12. The Bertz CT molecular complexity index is 110. The van der Waals surface area contributed by atoms with E-state index < -0.39 is 6.10 Å². The third-order valence-corrected chi connectivity index (χ3v) is 1.33. The summed E-state index contributed by atoms with van der Waals surface area (Å²) in [6, 6.07) is 0. The molecule has 0 radical (unpaired) electrons. The molecule has 0 bridgehead atoms. The molecule has 0 aliphatic heterocycles. The fourth-order valence-electron chi connectivity index (χ4n) is 0.679. The fraction of sp³-hybridized carbons (Fsp3) is 1.00. The van der Waals surface area contributed by atoms with E-state index in [0.29, 0.717) is 6.54 Å². The van der Waals surface area contributed by atoms with Gasteiger partial charge in [0.15, 0.2) is 0 Å². The smallest absolute Gasteiger partial charge is 0.0897 e. The molecular weight excluding hydrogens is 184 g/mol. The van der Waals surface area contributed by atoms with Crippen LogP contribution in [0.5, 0.6) is 0 Å². The van der Waals surface area contributed by atoms with E-state index in [-0.39, 0.29) is 13.2 Å². The van der Waals surface area contributed by atoms with Gasteiger partial charge in [0, 0.05) is 13.1 Å². The molecule has 0 aromatic carbocycles. The number of aliphatic hydroxyl groups is 3. The molecule has 0 saturated heterocycles. The Morgan fingerprint density at radius 1 is 1.00 bits per heavy atom. The summed E-state index contributed by atoms with van der Waals surface area (Å²) in [7, 11) is 7.55. The van der Waals surface area contributed by atoms with E-state index >= 15 is 0 Å². The fourth-order valence-corrected chi connectivity index (χ4v) is 0.679. The Balaban J connectivity index is 0. The molecular formula is C9H24N2O3. The van der Waals surface area contributed by atoms with Crippen molar-refractivity contribution in [2.24, 2.45) is 0 Å². The highest BCUT2D eigenvalue weighted by atomic mass is 16.3. The predicted molar refractivity (Wildman–Crippen MR) is 57.3 cm³/mol. The summed E-state index contributed by atoms with van der Waals surface area (Å²) in [5, 5.41) is 25.2. The number of rotatable bonds is 5. The summed E-state index contributed by atoms with van der Waals surface area (Å²) < 4.78 is 0. The summed E-state index contributed by atoms with van der Waals surface area (Å²) in [6.07, 6.45) is -0.593. The van der Waals surface area contributed by atoms with Crippen LogP contribution in [0.25, 0.3) is 0 Å². The topological polar surface area (TPSA) is 67.2 Å². The van der Waals surface area contributed by atoms with Gasteiger partial charge in [0.05, 0.1) is 19.3 Å². The van der Waals surface area contributed by atoms with Gasteiger partial charge in [0.1, 0.15) is 0 Å². The molecule has 88 valence electrons. The Labute approximate surface area is 86.6 Å². The summed E-state index contributed by atoms with van der Waals surface area (Å²) in [4.78, 5) is 3.75. The van der Waals surface area contributed by atoms with Crippen molar-refractivity contribution < 1.29 is 15.3 Å². The zero-order valence-electron chi connectivity index (χ0n) is 9.64. The van der Waals surface area contributed by atoms with E-state index in [4.69, 9.17) is 15.3 Å². The Morgan fingerprint density at radius 3 is 1.57 bits per heavy atom. The largest absolute Gasteiger partial charge is 0.395 e. The number of likely N-dealkylation sites (N-methyl/N-ethyl adjacent to an activating group) is 2. The molecule has 1 atom stereocenters. The standard InChI is InChI=1S/C5H13NO2.C4H11NO/c1-6(2)3-5(8)4-7;1-5(2)3-4-6/h5,7-8H,3-4H2,1-2H3;6H,3-4H2,1-2H3. The maximum atomic E-state index is 8.74. The van der Waals surface area contributed by atoms with Crippen LogP contribution in [-0.2, 0) is 0 Å². The lowest BCUT2D eigenvalue weighted by molar-refractivity contribution is 0.0728. The molecule has 3 N–H and O–H groups in total. The van der Waals surface area contributed by atoms with Gasteiger partial charge in [-0.1, -0.05) is 0 Å². The van der Waals surface area contributed by atoms with Gasteiger partial charge < -0.3 is 25.1 Å². The monoisotopic (exact) mass is 208 g/mol. The van der Waals surface area contributed by atoms with Crippen molar-refractivity contribution in [1.82, 2.24) is 9.80 Å². The van der Waals surface area contributed by atoms with E-state index in [1.165, 1.54) is 0 Å². The van der Waals surface area contributed by atoms with Crippen molar-refractivity contribution in [1.29, 1.82) is 0 Å². The van der Waals surface area contributed by atoms with Gasteiger partial charge in [-0.2, -0.15) is 0 Å². The lowest BCUT2D eigenvalue weighted by Crippen LogP contribution is -2.28. The molecule has 5 nitrogen and oxygen atoms in total. The van der Waals surface area contributed by atoms with Crippen molar-refractivity contribution in [3.05, 3.63) is 0 Å². The number of nitrogens with zero attached hydrogens (tertiary/aromatic N) is 2. The summed E-state index contributed by atoms with van der Waals surface area (Å²) in [5.74, 6) is 0. The SMILES string of the molecule is CN(C)CC(O)CO.CN(C)CCO. The van der Waals surface area contributed by atoms with Crippen LogP contribution in [0.1, 0.15) is 0 Å².